The zero-order valence-electron chi connectivity index (χ0n) is 12.3. The Labute approximate surface area is 118 Å². The van der Waals surface area contributed by atoms with Gasteiger partial charge >= 0.3 is 18.0 Å². The van der Waals surface area contributed by atoms with Gasteiger partial charge in [0.2, 0.25) is 0 Å². The van der Waals surface area contributed by atoms with E-state index in [4.69, 9.17) is 9.84 Å². The molecule has 2 N–H and O–H groups in total. The minimum Gasteiger partial charge on any atom is -0.480 e. The van der Waals surface area contributed by atoms with Crippen LogP contribution in [0, 0.1) is 17.8 Å². The monoisotopic (exact) mass is 286 g/mol. The second-order valence-corrected chi connectivity index (χ2v) is 5.52. The number of urea groups is 1. The van der Waals surface area contributed by atoms with Crippen molar-refractivity contribution < 1.29 is 24.2 Å². The van der Waals surface area contributed by atoms with Crippen LogP contribution in [0.25, 0.3) is 0 Å². The number of esters is 1. The lowest BCUT2D eigenvalue weighted by atomic mass is 9.99. The first-order valence-corrected chi connectivity index (χ1v) is 6.64. The normalized spacial score (nSPS) is 23.6. The Hall–Kier alpha value is -1.79. The summed E-state index contributed by atoms with van der Waals surface area (Å²) < 4.78 is 4.70. The molecule has 20 heavy (non-hydrogen) atoms. The van der Waals surface area contributed by atoms with Gasteiger partial charge in [-0.2, -0.15) is 0 Å². The largest absolute Gasteiger partial charge is 0.480 e. The number of carbonyl (C=O) groups excluding carboxylic acids is 2. The molecule has 0 spiro atoms. The van der Waals surface area contributed by atoms with Gasteiger partial charge in [-0.15, -0.1) is 0 Å². The van der Waals surface area contributed by atoms with E-state index in [-0.39, 0.29) is 30.3 Å². The SMILES string of the molecule is COC(=O)C1CN(C(=O)N[C@@H](C(=O)O)C(C)C)CC1C. The van der Waals surface area contributed by atoms with Crippen molar-refractivity contribution in [3.63, 3.8) is 0 Å². The fourth-order valence-electron chi connectivity index (χ4n) is 2.33. The maximum Gasteiger partial charge on any atom is 0.326 e. The summed E-state index contributed by atoms with van der Waals surface area (Å²) >= 11 is 0. The van der Waals surface area contributed by atoms with Crippen LogP contribution in [0.5, 0.6) is 0 Å². The van der Waals surface area contributed by atoms with E-state index >= 15 is 0 Å². The van der Waals surface area contributed by atoms with Gasteiger partial charge in [0.25, 0.3) is 0 Å². The van der Waals surface area contributed by atoms with Crippen molar-refractivity contribution in [2.45, 2.75) is 26.8 Å². The molecule has 1 aliphatic heterocycles. The first-order valence-electron chi connectivity index (χ1n) is 6.64. The van der Waals surface area contributed by atoms with Crippen LogP contribution in [0.1, 0.15) is 20.8 Å². The predicted octanol–water partition coefficient (Wildman–Crippen LogP) is 0.546. The second kappa shape index (κ2) is 6.58. The number of carbonyl (C=O) groups is 3. The third-order valence-corrected chi connectivity index (χ3v) is 3.62. The molecule has 1 fully saturated rings. The van der Waals surface area contributed by atoms with Crippen molar-refractivity contribution in [1.82, 2.24) is 10.2 Å². The lowest BCUT2D eigenvalue weighted by Crippen LogP contribution is -2.49. The van der Waals surface area contributed by atoms with Crippen molar-refractivity contribution >= 4 is 18.0 Å². The van der Waals surface area contributed by atoms with Gasteiger partial charge in [-0.3, -0.25) is 4.79 Å². The molecule has 7 nitrogen and oxygen atoms in total. The molecule has 7 heteroatoms. The maximum atomic E-state index is 12.1. The van der Waals surface area contributed by atoms with Crippen molar-refractivity contribution in [3.05, 3.63) is 0 Å². The summed E-state index contributed by atoms with van der Waals surface area (Å²) in [5.41, 5.74) is 0. The van der Waals surface area contributed by atoms with E-state index in [0.717, 1.165) is 0 Å². The number of rotatable bonds is 4. The third kappa shape index (κ3) is 3.61. The average Bonchev–Trinajstić information content (AvgIpc) is 2.76. The topological polar surface area (TPSA) is 95.9 Å². The highest BCUT2D eigenvalue weighted by molar-refractivity contribution is 5.83. The number of methoxy groups -OCH3 is 1. The Bertz CT molecular complexity index is 396. The van der Waals surface area contributed by atoms with E-state index in [2.05, 4.69) is 5.32 Å². The van der Waals surface area contributed by atoms with Crippen LogP contribution in [-0.2, 0) is 14.3 Å². The Morgan fingerprint density at radius 1 is 1.30 bits per heavy atom. The number of aliphatic carboxylic acids is 1. The summed E-state index contributed by atoms with van der Waals surface area (Å²) in [7, 11) is 1.32. The predicted molar refractivity (Wildman–Crippen MR) is 71.0 cm³/mol. The Morgan fingerprint density at radius 2 is 1.90 bits per heavy atom. The molecule has 3 atom stereocenters. The van der Waals surface area contributed by atoms with Crippen LogP contribution >= 0.6 is 0 Å². The van der Waals surface area contributed by atoms with Crippen LogP contribution in [0.4, 0.5) is 4.79 Å². The van der Waals surface area contributed by atoms with Gasteiger partial charge in [-0.25, -0.2) is 9.59 Å². The molecule has 0 bridgehead atoms. The molecule has 0 radical (unpaired) electrons. The molecule has 0 aromatic heterocycles. The lowest BCUT2D eigenvalue weighted by Gasteiger charge is -2.23. The number of amides is 2. The van der Waals surface area contributed by atoms with E-state index in [9.17, 15) is 14.4 Å². The summed E-state index contributed by atoms with van der Waals surface area (Å²) in [5.74, 6) is -1.98. The zero-order valence-corrected chi connectivity index (χ0v) is 12.3. The minimum atomic E-state index is -1.06. The molecule has 1 rings (SSSR count). The number of likely N-dealkylation sites (tertiary alicyclic amines) is 1. The highest BCUT2D eigenvalue weighted by atomic mass is 16.5. The molecule has 1 saturated heterocycles. The molecule has 0 aliphatic carbocycles. The molecule has 114 valence electrons. The summed E-state index contributed by atoms with van der Waals surface area (Å²) in [5, 5.41) is 11.5. The van der Waals surface area contributed by atoms with Crippen molar-refractivity contribution in [3.8, 4) is 0 Å². The summed E-state index contributed by atoms with van der Waals surface area (Å²) in [6.07, 6.45) is 0. The van der Waals surface area contributed by atoms with Gasteiger partial charge in [-0.05, 0) is 11.8 Å². The van der Waals surface area contributed by atoms with Gasteiger partial charge in [-0.1, -0.05) is 20.8 Å². The molecule has 0 saturated carbocycles. The van der Waals surface area contributed by atoms with Crippen LogP contribution in [0.2, 0.25) is 0 Å². The molecule has 2 unspecified atom stereocenters. The van der Waals surface area contributed by atoms with Gasteiger partial charge in [0, 0.05) is 13.1 Å². The van der Waals surface area contributed by atoms with E-state index < -0.39 is 18.0 Å². The number of hydrogen-bond acceptors (Lipinski definition) is 4. The highest BCUT2D eigenvalue weighted by Gasteiger charge is 2.38. The Morgan fingerprint density at radius 3 is 2.35 bits per heavy atom. The van der Waals surface area contributed by atoms with E-state index in [1.807, 2.05) is 6.92 Å². The van der Waals surface area contributed by atoms with Crippen LogP contribution in [0.15, 0.2) is 0 Å². The van der Waals surface area contributed by atoms with E-state index in [1.165, 1.54) is 12.0 Å². The molecular weight excluding hydrogens is 264 g/mol. The molecule has 2 amide bonds. The molecule has 1 heterocycles. The molecular formula is C13H22N2O5. The smallest absolute Gasteiger partial charge is 0.326 e. The third-order valence-electron chi connectivity index (χ3n) is 3.62. The number of carboxylic acid groups (broad SMARTS) is 1. The number of ether oxygens (including phenoxy) is 1. The van der Waals surface area contributed by atoms with E-state index in [1.54, 1.807) is 13.8 Å². The summed E-state index contributed by atoms with van der Waals surface area (Å²) in [6, 6.07) is -1.39. The van der Waals surface area contributed by atoms with Crippen LogP contribution in [0.3, 0.4) is 0 Å². The van der Waals surface area contributed by atoms with Crippen molar-refractivity contribution in [2.75, 3.05) is 20.2 Å². The van der Waals surface area contributed by atoms with Crippen LogP contribution in [-0.4, -0.2) is 54.2 Å². The number of nitrogens with zero attached hydrogens (tertiary/aromatic N) is 1. The quantitative estimate of drug-likeness (QED) is 0.736. The van der Waals surface area contributed by atoms with Gasteiger partial charge in [0.05, 0.1) is 13.0 Å². The van der Waals surface area contributed by atoms with Gasteiger partial charge < -0.3 is 20.1 Å². The van der Waals surface area contributed by atoms with Crippen molar-refractivity contribution in [2.24, 2.45) is 17.8 Å². The zero-order chi connectivity index (χ0) is 15.4. The number of carboxylic acids is 1. The minimum absolute atomic E-state index is 0.00414. The first-order chi connectivity index (χ1) is 9.27. The van der Waals surface area contributed by atoms with Gasteiger partial charge in [0.15, 0.2) is 0 Å². The fourth-order valence-corrected chi connectivity index (χ4v) is 2.33. The van der Waals surface area contributed by atoms with Crippen LogP contribution < -0.4 is 5.32 Å². The number of nitrogens with one attached hydrogen (secondary N) is 1. The van der Waals surface area contributed by atoms with E-state index in [0.29, 0.717) is 6.54 Å². The number of hydrogen-bond donors (Lipinski definition) is 2. The Balaban J connectivity index is 2.66. The summed E-state index contributed by atoms with van der Waals surface area (Å²) in [6.45, 7) is 5.98. The maximum absolute atomic E-state index is 12.1. The standard InChI is InChI=1S/C13H22N2O5/c1-7(2)10(11(16)17)14-13(19)15-5-8(3)9(6-15)12(18)20-4/h7-10H,5-6H2,1-4H3,(H,14,19)(H,16,17)/t8?,9?,10-/m1/s1. The fraction of sp³-hybridized carbons (Fsp3) is 0.769. The van der Waals surface area contributed by atoms with Gasteiger partial charge in [0.1, 0.15) is 6.04 Å². The molecule has 0 aromatic carbocycles. The summed E-state index contributed by atoms with van der Waals surface area (Å²) in [4.78, 5) is 36.2. The molecule has 0 aromatic rings. The highest BCUT2D eigenvalue weighted by Crippen LogP contribution is 2.24. The first kappa shape index (κ1) is 16.3. The second-order valence-electron chi connectivity index (χ2n) is 5.52. The Kier molecular flexibility index (Phi) is 5.35. The average molecular weight is 286 g/mol. The lowest BCUT2D eigenvalue weighted by molar-refractivity contribution is -0.146. The van der Waals surface area contributed by atoms with Crippen molar-refractivity contribution in [1.29, 1.82) is 0 Å². The molecule has 1 aliphatic rings.